The molecule has 0 saturated carbocycles. The number of nitrogens with two attached hydrogens (primary N) is 1. The fourth-order valence-electron chi connectivity index (χ4n) is 1.85. The molecule has 3 N–H and O–H groups in total. The summed E-state index contributed by atoms with van der Waals surface area (Å²) in [6, 6.07) is 2.16. The average molecular weight is 309 g/mol. The Morgan fingerprint density at radius 1 is 1.40 bits per heavy atom. The molecule has 1 unspecified atom stereocenters. The van der Waals surface area contributed by atoms with Crippen molar-refractivity contribution in [3.05, 3.63) is 22.7 Å². The highest BCUT2D eigenvalue weighted by Gasteiger charge is 2.29. The molecule has 0 fully saturated rings. The molecule has 20 heavy (non-hydrogen) atoms. The van der Waals surface area contributed by atoms with Crippen molar-refractivity contribution in [2.75, 3.05) is 11.9 Å². The number of hydrogen-bond donors (Lipinski definition) is 2. The van der Waals surface area contributed by atoms with Crippen LogP contribution in [0.5, 0.6) is 5.75 Å². The third-order valence-electron chi connectivity index (χ3n) is 2.84. The Balaban J connectivity index is 2.00. The Morgan fingerprint density at radius 2 is 2.10 bits per heavy atom. The van der Waals surface area contributed by atoms with Crippen LogP contribution in [0.4, 0.5) is 18.9 Å². The Bertz CT molecular complexity index is 534. The minimum atomic E-state index is -4.20. The smallest absolute Gasteiger partial charge is 0.389 e. The van der Waals surface area contributed by atoms with E-state index < -0.39 is 18.6 Å². The summed E-state index contributed by atoms with van der Waals surface area (Å²) in [5, 5.41) is 2.76. The number of anilines is 1. The van der Waals surface area contributed by atoms with Crippen molar-refractivity contribution < 1.29 is 22.7 Å². The molecule has 1 amide bonds. The van der Waals surface area contributed by atoms with E-state index in [1.165, 1.54) is 12.1 Å². The van der Waals surface area contributed by atoms with E-state index in [0.717, 1.165) is 0 Å². The number of fused-ring (bicyclic) bond motifs is 1. The van der Waals surface area contributed by atoms with Gasteiger partial charge in [-0.05, 0) is 12.5 Å². The molecular weight excluding hydrogens is 297 g/mol. The largest absolute Gasteiger partial charge is 0.492 e. The number of alkyl halides is 3. The summed E-state index contributed by atoms with van der Waals surface area (Å²) in [5.74, 6) is -0.132. The Morgan fingerprint density at radius 3 is 2.75 bits per heavy atom. The van der Waals surface area contributed by atoms with Gasteiger partial charge >= 0.3 is 6.18 Å². The molecule has 1 aromatic rings. The maximum Gasteiger partial charge on any atom is 0.389 e. The molecule has 1 atom stereocenters. The number of amides is 1. The van der Waals surface area contributed by atoms with E-state index in [1.807, 2.05) is 0 Å². The van der Waals surface area contributed by atoms with Gasteiger partial charge < -0.3 is 15.8 Å². The molecule has 1 heterocycles. The highest BCUT2D eigenvalue weighted by Crippen LogP contribution is 2.37. The van der Waals surface area contributed by atoms with Crippen LogP contribution >= 0.6 is 11.6 Å². The number of hydrogen-bond acceptors (Lipinski definition) is 3. The number of carbonyl (C=O) groups is 1. The van der Waals surface area contributed by atoms with Crippen LogP contribution in [-0.4, -0.2) is 18.7 Å². The third kappa shape index (κ3) is 3.34. The first-order valence-corrected chi connectivity index (χ1v) is 6.25. The number of nitrogens with one attached hydrogen (secondary N) is 1. The second-order valence-corrected chi connectivity index (χ2v) is 4.81. The lowest BCUT2D eigenvalue weighted by Gasteiger charge is -2.11. The van der Waals surface area contributed by atoms with Crippen LogP contribution in [0.2, 0.25) is 5.02 Å². The predicted molar refractivity (Wildman–Crippen MR) is 67.8 cm³/mol. The van der Waals surface area contributed by atoms with Crippen molar-refractivity contribution in [2.45, 2.75) is 25.1 Å². The lowest BCUT2D eigenvalue weighted by Crippen LogP contribution is -2.19. The van der Waals surface area contributed by atoms with Gasteiger partial charge in [-0.3, -0.25) is 4.79 Å². The normalized spacial score (nSPS) is 17.9. The standard InChI is InChI=1S/C12H12ClF3N2O2/c13-7-4-6-8(18-11(19)10(6)17)5-9(7)20-3-1-2-12(14,15)16/h4-5,10H,1-3,17H2,(H,18,19). The minimum Gasteiger partial charge on any atom is -0.492 e. The molecule has 0 radical (unpaired) electrons. The zero-order chi connectivity index (χ0) is 14.9. The second-order valence-electron chi connectivity index (χ2n) is 4.40. The summed E-state index contributed by atoms with van der Waals surface area (Å²) in [7, 11) is 0. The van der Waals surface area contributed by atoms with Crippen LogP contribution in [-0.2, 0) is 4.79 Å². The van der Waals surface area contributed by atoms with Crippen molar-refractivity contribution in [3.63, 3.8) is 0 Å². The third-order valence-corrected chi connectivity index (χ3v) is 3.14. The van der Waals surface area contributed by atoms with E-state index in [0.29, 0.717) is 11.3 Å². The summed E-state index contributed by atoms with van der Waals surface area (Å²) in [6.45, 7) is -0.113. The van der Waals surface area contributed by atoms with Crippen LogP contribution in [0.1, 0.15) is 24.4 Å². The molecule has 0 saturated heterocycles. The molecule has 110 valence electrons. The molecule has 1 aliphatic rings. The van der Waals surface area contributed by atoms with Crippen molar-refractivity contribution in [1.29, 1.82) is 0 Å². The SMILES string of the molecule is NC1C(=O)Nc2cc(OCCCC(F)(F)F)c(Cl)cc21. The van der Waals surface area contributed by atoms with Crippen molar-refractivity contribution in [2.24, 2.45) is 5.73 Å². The summed E-state index contributed by atoms with van der Waals surface area (Å²) in [5.41, 5.74) is 6.66. The molecule has 8 heteroatoms. The number of halogens is 4. The van der Waals surface area contributed by atoms with E-state index in [-0.39, 0.29) is 29.7 Å². The molecular formula is C12H12ClF3N2O2. The zero-order valence-corrected chi connectivity index (χ0v) is 11.0. The van der Waals surface area contributed by atoms with Crippen LogP contribution in [0.3, 0.4) is 0 Å². The first kappa shape index (κ1) is 14.9. The molecule has 4 nitrogen and oxygen atoms in total. The number of rotatable bonds is 4. The van der Waals surface area contributed by atoms with Gasteiger partial charge in [0, 0.05) is 23.7 Å². The van der Waals surface area contributed by atoms with E-state index >= 15 is 0 Å². The van der Waals surface area contributed by atoms with Crippen molar-refractivity contribution >= 4 is 23.2 Å². The maximum absolute atomic E-state index is 12.0. The molecule has 0 bridgehead atoms. The maximum atomic E-state index is 12.0. The van der Waals surface area contributed by atoms with Gasteiger partial charge in [0.05, 0.1) is 11.6 Å². The van der Waals surface area contributed by atoms with Gasteiger partial charge in [-0.2, -0.15) is 13.2 Å². The van der Waals surface area contributed by atoms with Crippen LogP contribution < -0.4 is 15.8 Å². The highest BCUT2D eigenvalue weighted by atomic mass is 35.5. The average Bonchev–Trinajstić information content (AvgIpc) is 2.60. The van der Waals surface area contributed by atoms with Crippen molar-refractivity contribution in [1.82, 2.24) is 0 Å². The highest BCUT2D eigenvalue weighted by molar-refractivity contribution is 6.32. The van der Waals surface area contributed by atoms with Gasteiger partial charge in [0.25, 0.3) is 0 Å². The van der Waals surface area contributed by atoms with Gasteiger partial charge in [0.1, 0.15) is 11.8 Å². The van der Waals surface area contributed by atoms with Gasteiger partial charge in [0.15, 0.2) is 0 Å². The summed E-state index contributed by atoms with van der Waals surface area (Å²) >= 11 is 5.95. The molecule has 0 spiro atoms. The molecule has 2 rings (SSSR count). The summed E-state index contributed by atoms with van der Waals surface area (Å²) < 4.78 is 41.2. The molecule has 1 aromatic carbocycles. The quantitative estimate of drug-likeness (QED) is 0.840. The predicted octanol–water partition coefficient (Wildman–Crippen LogP) is 3.01. The zero-order valence-electron chi connectivity index (χ0n) is 10.3. The number of carbonyl (C=O) groups excluding carboxylic acids is 1. The minimum absolute atomic E-state index is 0.113. The van der Waals surface area contributed by atoms with E-state index in [9.17, 15) is 18.0 Å². The van der Waals surface area contributed by atoms with Gasteiger partial charge in [-0.15, -0.1) is 0 Å². The van der Waals surface area contributed by atoms with Crippen LogP contribution in [0, 0.1) is 0 Å². The summed E-state index contributed by atoms with van der Waals surface area (Å²) in [6.07, 6.45) is -5.29. The molecule has 1 aliphatic heterocycles. The van der Waals surface area contributed by atoms with Gasteiger partial charge in [-0.1, -0.05) is 11.6 Å². The summed E-state index contributed by atoms with van der Waals surface area (Å²) in [4.78, 5) is 11.4. The Hall–Kier alpha value is -1.47. The van der Waals surface area contributed by atoms with E-state index in [2.05, 4.69) is 5.32 Å². The monoisotopic (exact) mass is 308 g/mol. The van der Waals surface area contributed by atoms with Gasteiger partial charge in [-0.25, -0.2) is 0 Å². The van der Waals surface area contributed by atoms with E-state index in [4.69, 9.17) is 22.1 Å². The van der Waals surface area contributed by atoms with Crippen molar-refractivity contribution in [3.8, 4) is 5.75 Å². The number of ether oxygens (including phenoxy) is 1. The Labute approximate surface area is 118 Å². The van der Waals surface area contributed by atoms with Crippen LogP contribution in [0.25, 0.3) is 0 Å². The second kappa shape index (κ2) is 5.49. The Kier molecular flexibility index (Phi) is 4.10. The fraction of sp³-hybridized carbons (Fsp3) is 0.417. The topological polar surface area (TPSA) is 64.4 Å². The fourth-order valence-corrected chi connectivity index (χ4v) is 2.08. The number of benzene rings is 1. The lowest BCUT2D eigenvalue weighted by molar-refractivity contribution is -0.136. The molecule has 0 aliphatic carbocycles. The molecule has 0 aromatic heterocycles. The van der Waals surface area contributed by atoms with Crippen LogP contribution in [0.15, 0.2) is 12.1 Å². The van der Waals surface area contributed by atoms with Gasteiger partial charge in [0.2, 0.25) is 5.91 Å². The first-order chi connectivity index (χ1) is 9.28. The first-order valence-electron chi connectivity index (χ1n) is 5.87. The lowest BCUT2D eigenvalue weighted by atomic mass is 10.1. The van der Waals surface area contributed by atoms with E-state index in [1.54, 1.807) is 0 Å².